The molecule has 0 fully saturated rings. The average molecular weight is 410 g/mol. The zero-order valence-corrected chi connectivity index (χ0v) is 20.0. The molecular weight excluding hydrogens is 361 g/mol. The second kappa shape index (κ2) is 19.4. The van der Waals surface area contributed by atoms with Gasteiger partial charge in [0.15, 0.2) is 0 Å². The number of phosphoric acid groups is 1. The van der Waals surface area contributed by atoms with Crippen molar-refractivity contribution in [2.45, 2.75) is 98.8 Å². The molecule has 0 spiro atoms. The lowest BCUT2D eigenvalue weighted by Gasteiger charge is -2.34. The van der Waals surface area contributed by atoms with Gasteiger partial charge in [0.2, 0.25) is 0 Å². The third kappa shape index (κ3) is 20.6. The molecule has 0 amide bonds. The smallest absolute Gasteiger partial charge is 0.267 e. The third-order valence-electron chi connectivity index (χ3n) is 4.65. The van der Waals surface area contributed by atoms with Crippen LogP contribution in [0.4, 0.5) is 0 Å². The van der Waals surface area contributed by atoms with Crippen LogP contribution in [0.25, 0.3) is 0 Å². The minimum absolute atomic E-state index is 0.226. The van der Waals surface area contributed by atoms with Crippen LogP contribution in [0.2, 0.25) is 0 Å². The quantitative estimate of drug-likeness (QED) is 0.170. The molecule has 0 radical (unpaired) electrons. The Morgan fingerprint density at radius 1 is 0.667 bits per heavy atom. The first-order valence-corrected chi connectivity index (χ1v) is 12.7. The molecule has 5 nitrogen and oxygen atoms in total. The molecule has 0 aromatic heterocycles. The van der Waals surface area contributed by atoms with Crippen LogP contribution in [-0.2, 0) is 13.6 Å². The van der Waals surface area contributed by atoms with E-state index in [0.717, 1.165) is 25.7 Å². The Morgan fingerprint density at radius 2 is 0.963 bits per heavy atom. The Labute approximate surface area is 170 Å². The second-order valence-corrected chi connectivity index (χ2v) is 9.08. The third-order valence-corrected chi connectivity index (χ3v) is 5.65. The summed E-state index contributed by atoms with van der Waals surface area (Å²) in [7, 11) is -1.56. The van der Waals surface area contributed by atoms with Crippen LogP contribution >= 0.6 is 7.82 Å². The fourth-order valence-corrected chi connectivity index (χ4v) is 3.41. The molecule has 6 heteroatoms. The van der Waals surface area contributed by atoms with Crippen molar-refractivity contribution in [2.24, 2.45) is 0 Å². The second-order valence-electron chi connectivity index (χ2n) is 7.67. The van der Waals surface area contributed by atoms with Gasteiger partial charge in [-0.15, -0.1) is 0 Å². The highest BCUT2D eigenvalue weighted by Crippen LogP contribution is 2.38. The number of hydrogen-bond donors (Lipinski definition) is 0. The molecule has 0 rings (SSSR count). The van der Waals surface area contributed by atoms with E-state index >= 15 is 0 Å². The maximum Gasteiger partial charge on any atom is 0.267 e. The maximum atomic E-state index is 11.0. The van der Waals surface area contributed by atoms with E-state index in [4.69, 9.17) is 0 Å². The maximum absolute atomic E-state index is 11.0. The molecule has 0 atom stereocenters. The van der Waals surface area contributed by atoms with Crippen molar-refractivity contribution in [1.29, 1.82) is 0 Å². The summed E-state index contributed by atoms with van der Waals surface area (Å²) < 4.78 is 21.5. The number of hydrogen-bond acceptors (Lipinski definition) is 4. The van der Waals surface area contributed by atoms with Gasteiger partial charge in [0.25, 0.3) is 7.82 Å². The first kappa shape index (κ1) is 29.3. The minimum Gasteiger partial charge on any atom is -0.756 e. The molecule has 0 unspecified atom stereocenters. The van der Waals surface area contributed by atoms with E-state index in [0.29, 0.717) is 0 Å². The van der Waals surface area contributed by atoms with Crippen molar-refractivity contribution in [1.82, 2.24) is 0 Å². The monoisotopic (exact) mass is 409 g/mol. The highest BCUT2D eigenvalue weighted by molar-refractivity contribution is 7.45. The van der Waals surface area contributed by atoms with Gasteiger partial charge >= 0.3 is 0 Å². The average Bonchev–Trinajstić information content (AvgIpc) is 2.64. The van der Waals surface area contributed by atoms with E-state index in [1.807, 2.05) is 13.8 Å². The van der Waals surface area contributed by atoms with Crippen LogP contribution in [0, 0.1) is 0 Å². The van der Waals surface area contributed by atoms with E-state index in [1.54, 1.807) is 0 Å². The lowest BCUT2D eigenvalue weighted by Crippen LogP contribution is -2.46. The SMILES string of the molecule is CCCCOP(=O)([O-])OCCCC.CCCC[N+](C)(CCCC)CCCC. The van der Waals surface area contributed by atoms with E-state index in [9.17, 15) is 9.46 Å². The molecule has 0 N–H and O–H groups in total. The first-order chi connectivity index (χ1) is 12.8. The predicted octanol–water partition coefficient (Wildman–Crippen LogP) is 5.92. The Bertz CT molecular complexity index is 317. The van der Waals surface area contributed by atoms with E-state index in [-0.39, 0.29) is 13.2 Å². The summed E-state index contributed by atoms with van der Waals surface area (Å²) in [5, 5.41) is 0. The van der Waals surface area contributed by atoms with Crippen molar-refractivity contribution in [3.63, 3.8) is 0 Å². The molecule has 166 valence electrons. The zero-order valence-electron chi connectivity index (χ0n) is 19.1. The highest BCUT2D eigenvalue weighted by Gasteiger charge is 2.18. The minimum atomic E-state index is -4.00. The molecule has 0 aromatic carbocycles. The molecule has 0 aliphatic carbocycles. The van der Waals surface area contributed by atoms with Crippen LogP contribution in [0.3, 0.4) is 0 Å². The fraction of sp³-hybridized carbons (Fsp3) is 1.00. The van der Waals surface area contributed by atoms with Crippen LogP contribution in [-0.4, -0.2) is 44.4 Å². The van der Waals surface area contributed by atoms with Gasteiger partial charge in [0.05, 0.1) is 39.9 Å². The Morgan fingerprint density at radius 3 is 1.22 bits per heavy atom. The van der Waals surface area contributed by atoms with Crippen LogP contribution in [0.15, 0.2) is 0 Å². The summed E-state index contributed by atoms with van der Waals surface area (Å²) in [5.74, 6) is 0. The number of rotatable bonds is 17. The normalized spacial score (nSPS) is 12.0. The Kier molecular flexibility index (Phi) is 21.0. The molecule has 0 aliphatic heterocycles. The molecular formula is C21H48NO4P. The summed E-state index contributed by atoms with van der Waals surface area (Å²) in [6.45, 7) is 15.4. The summed E-state index contributed by atoms with van der Waals surface area (Å²) in [4.78, 5) is 11.0. The highest BCUT2D eigenvalue weighted by atomic mass is 31.2. The number of quaternary nitrogens is 1. The van der Waals surface area contributed by atoms with Crippen molar-refractivity contribution in [3.05, 3.63) is 0 Å². The van der Waals surface area contributed by atoms with E-state index < -0.39 is 7.82 Å². The fourth-order valence-electron chi connectivity index (χ4n) is 2.63. The van der Waals surface area contributed by atoms with Gasteiger partial charge in [-0.2, -0.15) is 0 Å². The zero-order chi connectivity index (χ0) is 21.0. The van der Waals surface area contributed by atoms with E-state index in [1.165, 1.54) is 62.6 Å². The van der Waals surface area contributed by atoms with Crippen LogP contribution in [0.1, 0.15) is 98.8 Å². The van der Waals surface area contributed by atoms with Crippen LogP contribution in [0.5, 0.6) is 0 Å². The number of unbranched alkanes of at least 4 members (excludes halogenated alkanes) is 5. The Hall–Kier alpha value is 0.0700. The van der Waals surface area contributed by atoms with Gasteiger partial charge in [-0.1, -0.05) is 66.7 Å². The first-order valence-electron chi connectivity index (χ1n) is 11.2. The molecule has 0 bridgehead atoms. The van der Waals surface area contributed by atoms with Gasteiger partial charge in [0.1, 0.15) is 0 Å². The number of phosphoric ester groups is 1. The predicted molar refractivity (Wildman–Crippen MR) is 115 cm³/mol. The summed E-state index contributed by atoms with van der Waals surface area (Å²) in [6, 6.07) is 0. The molecule has 0 heterocycles. The standard InChI is InChI=1S/C13H30N.C8H19O4P/c1-5-8-11-14(4,12-9-6-2)13-10-7-3;1-3-5-7-11-13(9,10)12-8-6-4-2/h5-13H2,1-4H3;3-8H2,1-2H3,(H,9,10)/q+1;/p-1. The van der Waals surface area contributed by atoms with Gasteiger partial charge in [-0.05, 0) is 32.1 Å². The van der Waals surface area contributed by atoms with Crippen molar-refractivity contribution in [3.8, 4) is 0 Å². The summed E-state index contributed by atoms with van der Waals surface area (Å²) in [6.07, 6.45) is 11.5. The molecule has 27 heavy (non-hydrogen) atoms. The number of nitrogens with zero attached hydrogens (tertiary/aromatic N) is 1. The summed E-state index contributed by atoms with van der Waals surface area (Å²) in [5.41, 5.74) is 0. The van der Waals surface area contributed by atoms with Crippen molar-refractivity contribution < 1.29 is 23.0 Å². The van der Waals surface area contributed by atoms with Crippen molar-refractivity contribution in [2.75, 3.05) is 39.9 Å². The van der Waals surface area contributed by atoms with Gasteiger partial charge in [-0.3, -0.25) is 4.57 Å². The van der Waals surface area contributed by atoms with Gasteiger partial charge in [0, 0.05) is 0 Å². The van der Waals surface area contributed by atoms with E-state index in [2.05, 4.69) is 36.9 Å². The van der Waals surface area contributed by atoms with Crippen molar-refractivity contribution >= 4 is 7.82 Å². The molecule has 0 saturated heterocycles. The van der Waals surface area contributed by atoms with Crippen LogP contribution < -0.4 is 4.89 Å². The van der Waals surface area contributed by atoms with Gasteiger partial charge < -0.3 is 18.4 Å². The topological polar surface area (TPSA) is 58.6 Å². The lowest BCUT2D eigenvalue weighted by molar-refractivity contribution is -0.910. The molecule has 0 aromatic rings. The largest absolute Gasteiger partial charge is 0.756 e. The Balaban J connectivity index is 0. The van der Waals surface area contributed by atoms with Gasteiger partial charge in [-0.25, -0.2) is 0 Å². The lowest BCUT2D eigenvalue weighted by atomic mass is 10.2. The molecule has 0 saturated carbocycles. The summed E-state index contributed by atoms with van der Waals surface area (Å²) >= 11 is 0. The molecule has 0 aliphatic rings.